The molecule has 3 heteroatoms. The topological polar surface area (TPSA) is 46.5 Å². The summed E-state index contributed by atoms with van der Waals surface area (Å²) in [7, 11) is 0. The van der Waals surface area contributed by atoms with Crippen molar-refractivity contribution in [1.82, 2.24) is 0 Å². The number of aliphatic carboxylic acids is 1. The Labute approximate surface area is 84.1 Å². The molecule has 14 heavy (non-hydrogen) atoms. The molecule has 78 valence electrons. The van der Waals surface area contributed by atoms with Crippen LogP contribution in [0.3, 0.4) is 0 Å². The van der Waals surface area contributed by atoms with Crippen molar-refractivity contribution >= 4 is 5.97 Å². The smallest absolute Gasteiger partial charge is 0.306 e. The number of hydrogen-bond donors (Lipinski definition) is 1. The van der Waals surface area contributed by atoms with Crippen LogP contribution >= 0.6 is 0 Å². The van der Waals surface area contributed by atoms with Crippen molar-refractivity contribution in [2.24, 2.45) is 0 Å². The molecule has 0 amide bonds. The normalized spacial score (nSPS) is 25.6. The summed E-state index contributed by atoms with van der Waals surface area (Å²) in [4.78, 5) is 10.7. The molecule has 1 aliphatic rings. The monoisotopic (exact) mass is 196 g/mol. The summed E-state index contributed by atoms with van der Waals surface area (Å²) in [6, 6.07) is 0. The van der Waals surface area contributed by atoms with Gasteiger partial charge in [0.2, 0.25) is 0 Å². The molecule has 0 aliphatic heterocycles. The van der Waals surface area contributed by atoms with Gasteiger partial charge in [-0.2, -0.15) is 0 Å². The Morgan fingerprint density at radius 2 is 2.29 bits per heavy atom. The van der Waals surface area contributed by atoms with E-state index in [0.717, 1.165) is 0 Å². The second-order valence-corrected chi connectivity index (χ2v) is 3.79. The molecule has 0 radical (unpaired) electrons. The second kappa shape index (κ2) is 4.42. The molecule has 0 spiro atoms. The van der Waals surface area contributed by atoms with Gasteiger partial charge in [-0.15, -0.1) is 0 Å². The third-order valence-corrected chi connectivity index (χ3v) is 2.03. The minimum atomic E-state index is -0.828. The van der Waals surface area contributed by atoms with Gasteiger partial charge in [-0.05, 0) is 20.3 Å². The van der Waals surface area contributed by atoms with Crippen LogP contribution in [0.4, 0.5) is 0 Å². The highest BCUT2D eigenvalue weighted by Crippen LogP contribution is 2.27. The van der Waals surface area contributed by atoms with E-state index in [0.29, 0.717) is 6.42 Å². The van der Waals surface area contributed by atoms with Crippen molar-refractivity contribution in [1.29, 1.82) is 0 Å². The highest BCUT2D eigenvalue weighted by atomic mass is 16.5. The molecule has 0 heterocycles. The summed E-state index contributed by atoms with van der Waals surface area (Å²) in [5, 5.41) is 8.81. The average Bonchev–Trinajstić information content (AvgIpc) is 2.01. The standard InChI is InChI=1S/C11H16O3/c1-9(2)14-11(8-10(12)13)6-4-3-5-7-11/h3-6,9H,7-8H2,1-2H3,(H,12,13)/t11-/m1/s1. The maximum Gasteiger partial charge on any atom is 0.306 e. The molecule has 0 aromatic rings. The molecule has 0 saturated carbocycles. The van der Waals surface area contributed by atoms with Crippen molar-refractivity contribution in [3.63, 3.8) is 0 Å². The van der Waals surface area contributed by atoms with E-state index in [1.807, 2.05) is 38.2 Å². The van der Waals surface area contributed by atoms with E-state index in [4.69, 9.17) is 9.84 Å². The first kappa shape index (κ1) is 11.0. The fourth-order valence-corrected chi connectivity index (χ4v) is 1.63. The molecule has 0 saturated heterocycles. The van der Waals surface area contributed by atoms with E-state index in [1.165, 1.54) is 0 Å². The lowest BCUT2D eigenvalue weighted by molar-refractivity contribution is -0.144. The van der Waals surface area contributed by atoms with Gasteiger partial charge in [0.15, 0.2) is 0 Å². The van der Waals surface area contributed by atoms with E-state index >= 15 is 0 Å². The van der Waals surface area contributed by atoms with E-state index in [1.54, 1.807) is 0 Å². The molecular weight excluding hydrogens is 180 g/mol. The Kier molecular flexibility index (Phi) is 3.47. The Hall–Kier alpha value is -1.09. The molecule has 0 aromatic carbocycles. The quantitative estimate of drug-likeness (QED) is 0.749. The van der Waals surface area contributed by atoms with Crippen LogP contribution in [0, 0.1) is 0 Å². The molecule has 1 rings (SSSR count). The summed E-state index contributed by atoms with van der Waals surface area (Å²) in [5.41, 5.74) is -0.644. The van der Waals surface area contributed by atoms with Crippen LogP contribution in [0.25, 0.3) is 0 Å². The number of carboxylic acid groups (broad SMARTS) is 1. The number of carbonyl (C=O) groups is 1. The van der Waals surface area contributed by atoms with E-state index in [2.05, 4.69) is 0 Å². The molecule has 0 fully saturated rings. The zero-order valence-electron chi connectivity index (χ0n) is 8.56. The lowest BCUT2D eigenvalue weighted by atomic mass is 9.91. The van der Waals surface area contributed by atoms with Crippen molar-refractivity contribution in [2.45, 2.75) is 38.4 Å². The van der Waals surface area contributed by atoms with E-state index < -0.39 is 11.6 Å². The largest absolute Gasteiger partial charge is 0.481 e. The fourth-order valence-electron chi connectivity index (χ4n) is 1.63. The summed E-state index contributed by atoms with van der Waals surface area (Å²) in [6.07, 6.45) is 8.20. The Morgan fingerprint density at radius 3 is 2.71 bits per heavy atom. The maximum absolute atomic E-state index is 10.7. The Bertz CT molecular complexity index is 266. The predicted octanol–water partition coefficient (Wildman–Crippen LogP) is 2.14. The van der Waals surface area contributed by atoms with Crippen LogP contribution in [0.5, 0.6) is 0 Å². The Morgan fingerprint density at radius 1 is 1.57 bits per heavy atom. The third kappa shape index (κ3) is 3.00. The van der Waals surface area contributed by atoms with E-state index in [-0.39, 0.29) is 12.5 Å². The SMILES string of the molecule is CC(C)O[C@]1(CC(=O)O)C=CC=CC1. The highest BCUT2D eigenvalue weighted by Gasteiger charge is 2.31. The first-order chi connectivity index (χ1) is 6.54. The van der Waals surface area contributed by atoms with Gasteiger partial charge in [0.1, 0.15) is 5.60 Å². The van der Waals surface area contributed by atoms with Gasteiger partial charge in [-0.1, -0.05) is 24.3 Å². The molecule has 1 atom stereocenters. The lowest BCUT2D eigenvalue weighted by Crippen LogP contribution is -2.36. The fraction of sp³-hybridized carbons (Fsp3) is 0.545. The number of ether oxygens (including phenoxy) is 1. The minimum absolute atomic E-state index is 0.0199. The van der Waals surface area contributed by atoms with Crippen LogP contribution in [0.2, 0.25) is 0 Å². The molecule has 3 nitrogen and oxygen atoms in total. The Balaban J connectivity index is 2.74. The van der Waals surface area contributed by atoms with Gasteiger partial charge in [0.25, 0.3) is 0 Å². The zero-order valence-corrected chi connectivity index (χ0v) is 8.56. The highest BCUT2D eigenvalue weighted by molar-refractivity contribution is 5.69. The number of carboxylic acids is 1. The number of rotatable bonds is 4. The second-order valence-electron chi connectivity index (χ2n) is 3.79. The maximum atomic E-state index is 10.7. The van der Waals surface area contributed by atoms with Crippen LogP contribution in [-0.2, 0) is 9.53 Å². The van der Waals surface area contributed by atoms with E-state index in [9.17, 15) is 4.79 Å². The zero-order chi connectivity index (χ0) is 10.6. The van der Waals surface area contributed by atoms with Crippen LogP contribution in [-0.4, -0.2) is 22.8 Å². The molecule has 0 aromatic heterocycles. The van der Waals surface area contributed by atoms with Gasteiger partial charge < -0.3 is 9.84 Å². The van der Waals surface area contributed by atoms with Crippen molar-refractivity contribution in [3.05, 3.63) is 24.3 Å². The first-order valence-electron chi connectivity index (χ1n) is 4.78. The summed E-state index contributed by atoms with van der Waals surface area (Å²) in [6.45, 7) is 3.82. The van der Waals surface area contributed by atoms with Gasteiger partial charge in [-0.3, -0.25) is 4.79 Å². The van der Waals surface area contributed by atoms with Crippen LogP contribution < -0.4 is 0 Å². The predicted molar refractivity (Wildman–Crippen MR) is 54.1 cm³/mol. The molecule has 0 bridgehead atoms. The van der Waals surface area contributed by atoms with Crippen LogP contribution in [0.1, 0.15) is 26.7 Å². The summed E-state index contributed by atoms with van der Waals surface area (Å²) < 4.78 is 5.67. The molecule has 0 unspecified atom stereocenters. The third-order valence-electron chi connectivity index (χ3n) is 2.03. The summed E-state index contributed by atoms with van der Waals surface area (Å²) in [5.74, 6) is -0.828. The van der Waals surface area contributed by atoms with Crippen molar-refractivity contribution in [3.8, 4) is 0 Å². The molecule has 1 aliphatic carbocycles. The number of hydrogen-bond acceptors (Lipinski definition) is 2. The molecule has 1 N–H and O–H groups in total. The van der Waals surface area contributed by atoms with Gasteiger partial charge in [0, 0.05) is 0 Å². The van der Waals surface area contributed by atoms with Gasteiger partial charge in [0.05, 0.1) is 12.5 Å². The number of allylic oxidation sites excluding steroid dienone is 2. The minimum Gasteiger partial charge on any atom is -0.481 e. The van der Waals surface area contributed by atoms with Crippen molar-refractivity contribution in [2.75, 3.05) is 0 Å². The average molecular weight is 196 g/mol. The van der Waals surface area contributed by atoms with Crippen molar-refractivity contribution < 1.29 is 14.6 Å². The lowest BCUT2D eigenvalue weighted by Gasteiger charge is -2.32. The van der Waals surface area contributed by atoms with Crippen LogP contribution in [0.15, 0.2) is 24.3 Å². The summed E-state index contributed by atoms with van der Waals surface area (Å²) >= 11 is 0. The van der Waals surface area contributed by atoms with Gasteiger partial charge >= 0.3 is 5.97 Å². The molecular formula is C11H16O3. The first-order valence-corrected chi connectivity index (χ1v) is 4.78. The van der Waals surface area contributed by atoms with Gasteiger partial charge in [-0.25, -0.2) is 0 Å².